The van der Waals surface area contributed by atoms with Gasteiger partial charge in [0.2, 0.25) is 17.8 Å². The van der Waals surface area contributed by atoms with Crippen molar-refractivity contribution in [2.45, 2.75) is 202 Å². The SMILES string of the molecule is C.C.CCCCCCNCNc1nc(N(CCCC)C2CC(C)(C)NC(C)(C)C2)nc(N(CCCC)C2CC(C)(C)N(C)C(C)(C)C2)n1. The van der Waals surface area contributed by atoms with Gasteiger partial charge in [-0.05, 0) is 114 Å². The van der Waals surface area contributed by atoms with Gasteiger partial charge in [-0.2, -0.15) is 15.0 Å². The van der Waals surface area contributed by atoms with Crippen LogP contribution in [0, 0.1) is 0 Å². The summed E-state index contributed by atoms with van der Waals surface area (Å²) >= 11 is 0. The lowest BCUT2D eigenvalue weighted by Crippen LogP contribution is -2.63. The van der Waals surface area contributed by atoms with Gasteiger partial charge in [0.15, 0.2) is 0 Å². The van der Waals surface area contributed by atoms with Crippen LogP contribution >= 0.6 is 0 Å². The molecule has 2 aliphatic heterocycles. The number of aromatic nitrogens is 3. The lowest BCUT2D eigenvalue weighted by molar-refractivity contribution is -0.0129. The van der Waals surface area contributed by atoms with Crippen LogP contribution in [0.2, 0.25) is 0 Å². The molecule has 48 heavy (non-hydrogen) atoms. The van der Waals surface area contributed by atoms with Gasteiger partial charge in [0.25, 0.3) is 0 Å². The molecule has 9 heteroatoms. The van der Waals surface area contributed by atoms with E-state index in [0.29, 0.717) is 24.7 Å². The number of hydrogen-bond donors (Lipinski definition) is 3. The molecule has 3 heterocycles. The van der Waals surface area contributed by atoms with E-state index in [0.717, 1.165) is 82.9 Å². The van der Waals surface area contributed by atoms with E-state index < -0.39 is 0 Å². The molecular weight excluding hydrogens is 594 g/mol. The van der Waals surface area contributed by atoms with Crippen molar-refractivity contribution >= 4 is 17.8 Å². The minimum Gasteiger partial charge on any atom is -0.341 e. The van der Waals surface area contributed by atoms with Crippen molar-refractivity contribution < 1.29 is 0 Å². The first-order valence-electron chi connectivity index (χ1n) is 18.8. The standard InChI is InChI=1S/C37H73N9.2CH4/c1-13-16-19-20-21-38-28-39-31-40-32(45(22-17-14-2)29-24-34(4,5)43-35(6,7)25-29)42-33(41-31)46(23-18-15-3)30-26-36(8,9)44(12)37(10,11)27-30;;/h29-30,38,43H,13-28H2,1-12H3,(H,39,40,41,42);2*1H4. The second-order valence-corrected chi connectivity index (χ2v) is 17.0. The Morgan fingerprint density at radius 3 is 1.58 bits per heavy atom. The smallest absolute Gasteiger partial charge is 0.232 e. The largest absolute Gasteiger partial charge is 0.341 e. The van der Waals surface area contributed by atoms with Crippen LogP contribution in [0.15, 0.2) is 0 Å². The topological polar surface area (TPSA) is 84.5 Å². The highest BCUT2D eigenvalue weighted by atomic mass is 15.4. The average Bonchev–Trinajstić information content (AvgIpc) is 2.94. The summed E-state index contributed by atoms with van der Waals surface area (Å²) in [6.07, 6.45) is 13.8. The fraction of sp³-hybridized carbons (Fsp3) is 0.923. The summed E-state index contributed by atoms with van der Waals surface area (Å²) in [6.45, 7) is 29.3. The molecular formula is C39H81N9. The molecule has 0 aliphatic carbocycles. The Kier molecular flexibility index (Phi) is 17.6. The first kappa shape index (κ1) is 44.3. The second kappa shape index (κ2) is 19.1. The normalized spacial score (nSPS) is 20.4. The molecule has 2 saturated heterocycles. The summed E-state index contributed by atoms with van der Waals surface area (Å²) in [5, 5.41) is 11.0. The number of nitrogens with zero attached hydrogens (tertiary/aromatic N) is 6. The quantitative estimate of drug-likeness (QED) is 0.104. The molecule has 2 aliphatic rings. The Morgan fingerprint density at radius 2 is 1.12 bits per heavy atom. The molecule has 0 radical (unpaired) electrons. The van der Waals surface area contributed by atoms with E-state index in [1.807, 2.05) is 0 Å². The highest BCUT2D eigenvalue weighted by Gasteiger charge is 2.46. The molecule has 0 bridgehead atoms. The van der Waals surface area contributed by atoms with Crippen molar-refractivity contribution in [2.24, 2.45) is 0 Å². The molecule has 0 unspecified atom stereocenters. The number of piperidine rings is 2. The summed E-state index contributed by atoms with van der Waals surface area (Å²) in [5.74, 6) is 2.34. The first-order chi connectivity index (χ1) is 21.5. The van der Waals surface area contributed by atoms with Crippen LogP contribution < -0.4 is 25.8 Å². The molecule has 0 spiro atoms. The number of likely N-dealkylation sites (tertiary alicyclic amines) is 1. The number of hydrogen-bond acceptors (Lipinski definition) is 9. The zero-order valence-corrected chi connectivity index (χ0v) is 32.2. The molecule has 0 aromatic carbocycles. The summed E-state index contributed by atoms with van der Waals surface area (Å²) < 4.78 is 0. The fourth-order valence-electron chi connectivity index (χ4n) is 8.17. The highest BCUT2D eigenvalue weighted by Crippen LogP contribution is 2.40. The second-order valence-electron chi connectivity index (χ2n) is 17.0. The van der Waals surface area contributed by atoms with Crippen molar-refractivity contribution in [1.82, 2.24) is 30.5 Å². The monoisotopic (exact) mass is 676 g/mol. The van der Waals surface area contributed by atoms with Gasteiger partial charge in [0.05, 0.1) is 6.67 Å². The zero-order chi connectivity index (χ0) is 34.2. The van der Waals surface area contributed by atoms with E-state index in [1.165, 1.54) is 25.7 Å². The third-order valence-electron chi connectivity index (χ3n) is 10.5. The molecule has 0 atom stereocenters. The van der Waals surface area contributed by atoms with E-state index in [-0.39, 0.29) is 37.0 Å². The van der Waals surface area contributed by atoms with Gasteiger partial charge in [-0.3, -0.25) is 10.2 Å². The number of unbranched alkanes of at least 4 members (excludes halogenated alkanes) is 5. The van der Waals surface area contributed by atoms with Gasteiger partial charge in [-0.1, -0.05) is 67.7 Å². The summed E-state index contributed by atoms with van der Waals surface area (Å²) in [4.78, 5) is 23.4. The van der Waals surface area contributed by atoms with Crippen LogP contribution in [0.4, 0.5) is 17.8 Å². The highest BCUT2D eigenvalue weighted by molar-refractivity contribution is 5.47. The van der Waals surface area contributed by atoms with Gasteiger partial charge in [-0.25, -0.2) is 0 Å². The molecule has 3 rings (SSSR count). The van der Waals surface area contributed by atoms with Crippen molar-refractivity contribution in [2.75, 3.05) is 48.5 Å². The van der Waals surface area contributed by atoms with Crippen LogP contribution in [0.1, 0.15) is 168 Å². The molecule has 9 nitrogen and oxygen atoms in total. The fourth-order valence-corrected chi connectivity index (χ4v) is 8.17. The minimum absolute atomic E-state index is 0. The Balaban J connectivity index is 0.00000576. The maximum atomic E-state index is 5.41. The van der Waals surface area contributed by atoms with E-state index in [4.69, 9.17) is 15.0 Å². The van der Waals surface area contributed by atoms with E-state index >= 15 is 0 Å². The van der Waals surface area contributed by atoms with Gasteiger partial charge >= 0.3 is 0 Å². The predicted molar refractivity (Wildman–Crippen MR) is 212 cm³/mol. The number of rotatable bonds is 18. The number of nitrogens with one attached hydrogen (secondary N) is 3. The Labute approximate surface area is 298 Å². The van der Waals surface area contributed by atoms with Gasteiger partial charge in [-0.15, -0.1) is 0 Å². The van der Waals surface area contributed by atoms with E-state index in [1.54, 1.807) is 0 Å². The third-order valence-corrected chi connectivity index (χ3v) is 10.5. The van der Waals surface area contributed by atoms with Crippen LogP contribution in [-0.4, -0.2) is 87.4 Å². The average molecular weight is 676 g/mol. The predicted octanol–water partition coefficient (Wildman–Crippen LogP) is 8.86. The van der Waals surface area contributed by atoms with Gasteiger partial charge in [0, 0.05) is 47.3 Å². The van der Waals surface area contributed by atoms with Crippen LogP contribution in [-0.2, 0) is 0 Å². The van der Waals surface area contributed by atoms with Crippen molar-refractivity contribution in [3.63, 3.8) is 0 Å². The van der Waals surface area contributed by atoms with Gasteiger partial charge in [0.1, 0.15) is 0 Å². The molecule has 2 fully saturated rings. The molecule has 0 saturated carbocycles. The van der Waals surface area contributed by atoms with Crippen molar-refractivity contribution in [3.05, 3.63) is 0 Å². The van der Waals surface area contributed by atoms with Gasteiger partial charge < -0.3 is 20.4 Å². The molecule has 3 N–H and O–H groups in total. The first-order valence-corrected chi connectivity index (χ1v) is 18.8. The molecule has 0 amide bonds. The van der Waals surface area contributed by atoms with Crippen molar-refractivity contribution in [3.8, 4) is 0 Å². The molecule has 1 aromatic heterocycles. The third kappa shape index (κ3) is 12.6. The zero-order valence-electron chi connectivity index (χ0n) is 32.2. The Hall–Kier alpha value is -1.71. The lowest BCUT2D eigenvalue weighted by atomic mass is 9.77. The van der Waals surface area contributed by atoms with Crippen molar-refractivity contribution in [1.29, 1.82) is 0 Å². The summed E-state index contributed by atoms with van der Waals surface area (Å²) in [6, 6.07) is 0.705. The van der Waals surface area contributed by atoms with E-state index in [9.17, 15) is 0 Å². The van der Waals surface area contributed by atoms with Crippen LogP contribution in [0.3, 0.4) is 0 Å². The maximum absolute atomic E-state index is 5.41. The van der Waals surface area contributed by atoms with E-state index in [2.05, 4.69) is 114 Å². The molecule has 282 valence electrons. The van der Waals surface area contributed by atoms with Crippen LogP contribution in [0.25, 0.3) is 0 Å². The summed E-state index contributed by atoms with van der Waals surface area (Å²) in [5.41, 5.74) is 0.228. The molecule has 1 aromatic rings. The van der Waals surface area contributed by atoms with Crippen LogP contribution in [0.5, 0.6) is 0 Å². The minimum atomic E-state index is 0. The number of anilines is 3. The Bertz CT molecular complexity index is 1020. The maximum Gasteiger partial charge on any atom is 0.232 e. The lowest BCUT2D eigenvalue weighted by Gasteiger charge is -2.55. The summed E-state index contributed by atoms with van der Waals surface area (Å²) in [7, 11) is 2.29. The Morgan fingerprint density at radius 1 is 0.667 bits per heavy atom.